The number of hydrogen-bond donors (Lipinski definition) is 1. The van der Waals surface area contributed by atoms with Crippen LogP contribution in [0.15, 0.2) is 47.5 Å². The number of nitrogens with zero attached hydrogens (tertiary/aromatic N) is 1. The summed E-state index contributed by atoms with van der Waals surface area (Å²) in [5.74, 6) is 0.884. The Labute approximate surface area is 220 Å². The zero-order valence-corrected chi connectivity index (χ0v) is 22.9. The minimum Gasteiger partial charge on any atom is -0.492 e. The summed E-state index contributed by atoms with van der Waals surface area (Å²) in [5.41, 5.74) is 4.04. The molecule has 0 saturated heterocycles. The number of halogens is 2. The molecule has 1 aliphatic rings. The van der Waals surface area contributed by atoms with Gasteiger partial charge in [-0.3, -0.25) is 4.79 Å². The highest BCUT2D eigenvalue weighted by Gasteiger charge is 2.25. The van der Waals surface area contributed by atoms with Crippen molar-refractivity contribution in [3.63, 3.8) is 0 Å². The lowest BCUT2D eigenvalue weighted by molar-refractivity contribution is 0.0951. The fourth-order valence-corrected chi connectivity index (χ4v) is 7.17. The van der Waals surface area contributed by atoms with Crippen LogP contribution in [0.25, 0.3) is 0 Å². The van der Waals surface area contributed by atoms with Crippen molar-refractivity contribution in [1.29, 1.82) is 0 Å². The standard InChI is InChI=1S/C25H24I2N2O2S/c1-2-31-23-19(26)12-17(13-20(23)27)15-29-25-22(18-10-6-7-11-21(18)32-25)24(30)28-14-16-8-4-3-5-9-16/h3-5,8-9,12-13,15H,2,6-7,10-11,14H2,1H3,(H,28,30). The molecule has 0 fully saturated rings. The van der Waals surface area contributed by atoms with Gasteiger partial charge in [-0.25, -0.2) is 4.99 Å². The molecule has 3 aromatic rings. The third-order valence-corrected chi connectivity index (χ3v) is 8.12. The summed E-state index contributed by atoms with van der Waals surface area (Å²) in [7, 11) is 0. The average Bonchev–Trinajstić information content (AvgIpc) is 3.18. The van der Waals surface area contributed by atoms with Crippen molar-refractivity contribution in [1.82, 2.24) is 5.32 Å². The van der Waals surface area contributed by atoms with E-state index in [0.717, 1.165) is 53.8 Å². The Kier molecular flexibility index (Phi) is 8.22. The third kappa shape index (κ3) is 5.53. The van der Waals surface area contributed by atoms with Gasteiger partial charge in [0.1, 0.15) is 10.8 Å². The first kappa shape index (κ1) is 23.7. The second-order valence-corrected chi connectivity index (χ2v) is 11.0. The van der Waals surface area contributed by atoms with E-state index in [4.69, 9.17) is 9.73 Å². The van der Waals surface area contributed by atoms with Crippen LogP contribution in [0.5, 0.6) is 5.75 Å². The van der Waals surface area contributed by atoms with E-state index in [1.165, 1.54) is 16.9 Å². The molecule has 0 atom stereocenters. The molecule has 32 heavy (non-hydrogen) atoms. The molecule has 1 amide bonds. The fraction of sp³-hybridized carbons (Fsp3) is 0.280. The second-order valence-electron chi connectivity index (χ2n) is 7.56. The van der Waals surface area contributed by atoms with Gasteiger partial charge >= 0.3 is 0 Å². The zero-order valence-electron chi connectivity index (χ0n) is 17.8. The van der Waals surface area contributed by atoms with Gasteiger partial charge in [0.15, 0.2) is 0 Å². The van der Waals surface area contributed by atoms with Crippen molar-refractivity contribution >= 4 is 73.6 Å². The van der Waals surface area contributed by atoms with Gasteiger partial charge in [0, 0.05) is 17.6 Å². The molecule has 4 rings (SSSR count). The van der Waals surface area contributed by atoms with E-state index in [2.05, 4.69) is 62.6 Å². The van der Waals surface area contributed by atoms with E-state index in [1.54, 1.807) is 11.3 Å². The van der Waals surface area contributed by atoms with E-state index in [0.29, 0.717) is 13.2 Å². The zero-order chi connectivity index (χ0) is 22.5. The van der Waals surface area contributed by atoms with Crippen molar-refractivity contribution in [3.05, 3.63) is 76.7 Å². The smallest absolute Gasteiger partial charge is 0.254 e. The molecule has 0 unspecified atom stereocenters. The average molecular weight is 670 g/mol. The van der Waals surface area contributed by atoms with Crippen molar-refractivity contribution in [2.75, 3.05) is 6.61 Å². The number of ether oxygens (including phenoxy) is 1. The van der Waals surface area contributed by atoms with Crippen LogP contribution < -0.4 is 10.1 Å². The van der Waals surface area contributed by atoms with Gasteiger partial charge in [-0.1, -0.05) is 30.3 Å². The first-order valence-corrected chi connectivity index (χ1v) is 13.7. The number of fused-ring (bicyclic) bond motifs is 1. The van der Waals surface area contributed by atoms with Crippen molar-refractivity contribution in [2.24, 2.45) is 4.99 Å². The largest absolute Gasteiger partial charge is 0.492 e. The molecule has 1 heterocycles. The van der Waals surface area contributed by atoms with E-state index in [9.17, 15) is 4.79 Å². The van der Waals surface area contributed by atoms with Crippen LogP contribution in [0.3, 0.4) is 0 Å². The summed E-state index contributed by atoms with van der Waals surface area (Å²) in [5, 5.41) is 3.91. The van der Waals surface area contributed by atoms with Crippen LogP contribution >= 0.6 is 56.5 Å². The first-order valence-electron chi connectivity index (χ1n) is 10.7. The molecule has 0 saturated carbocycles. The maximum atomic E-state index is 13.2. The molecule has 0 radical (unpaired) electrons. The Hall–Kier alpha value is -1.46. The quantitative estimate of drug-likeness (QED) is 0.220. The van der Waals surface area contributed by atoms with E-state index in [1.807, 2.05) is 43.5 Å². The Morgan fingerprint density at radius 3 is 2.59 bits per heavy atom. The number of nitrogens with one attached hydrogen (secondary N) is 1. The molecule has 1 aliphatic carbocycles. The summed E-state index contributed by atoms with van der Waals surface area (Å²) in [6.45, 7) is 3.15. The lowest BCUT2D eigenvalue weighted by Crippen LogP contribution is -2.24. The topological polar surface area (TPSA) is 50.7 Å². The molecule has 1 N–H and O–H groups in total. The molecule has 0 spiro atoms. The maximum Gasteiger partial charge on any atom is 0.254 e. The van der Waals surface area contributed by atoms with Gasteiger partial charge in [0.25, 0.3) is 5.91 Å². The summed E-state index contributed by atoms with van der Waals surface area (Å²) < 4.78 is 7.86. The molecule has 2 aromatic carbocycles. The van der Waals surface area contributed by atoms with Gasteiger partial charge in [-0.05, 0) is 107 Å². The summed E-state index contributed by atoms with van der Waals surface area (Å²) >= 11 is 6.26. The lowest BCUT2D eigenvalue weighted by Gasteiger charge is -2.13. The highest BCUT2D eigenvalue weighted by molar-refractivity contribution is 14.1. The number of aliphatic imine (C=N–C) groups is 1. The number of rotatable bonds is 7. The van der Waals surface area contributed by atoms with Gasteiger partial charge in [-0.15, -0.1) is 11.3 Å². The van der Waals surface area contributed by atoms with Gasteiger partial charge < -0.3 is 10.1 Å². The normalized spacial score (nSPS) is 13.2. The molecule has 4 nitrogen and oxygen atoms in total. The second kappa shape index (κ2) is 11.1. The number of amides is 1. The van der Waals surface area contributed by atoms with Gasteiger partial charge in [0.05, 0.1) is 19.3 Å². The Morgan fingerprint density at radius 1 is 1.16 bits per heavy atom. The maximum absolute atomic E-state index is 13.2. The summed E-state index contributed by atoms with van der Waals surface area (Å²) in [6.07, 6.45) is 6.16. The first-order chi connectivity index (χ1) is 15.6. The number of benzene rings is 2. The van der Waals surface area contributed by atoms with E-state index in [-0.39, 0.29) is 5.91 Å². The number of aryl methyl sites for hydroxylation is 1. The highest BCUT2D eigenvalue weighted by Crippen LogP contribution is 2.40. The van der Waals surface area contributed by atoms with Crippen LogP contribution in [0.4, 0.5) is 5.00 Å². The van der Waals surface area contributed by atoms with Crippen LogP contribution in [-0.4, -0.2) is 18.7 Å². The molecule has 0 aliphatic heterocycles. The molecule has 166 valence electrons. The van der Waals surface area contributed by atoms with Crippen LogP contribution in [0.1, 0.15) is 51.7 Å². The van der Waals surface area contributed by atoms with Crippen LogP contribution in [0.2, 0.25) is 0 Å². The summed E-state index contributed by atoms with van der Waals surface area (Å²) in [4.78, 5) is 19.3. The Balaban J connectivity index is 1.61. The predicted octanol–water partition coefficient (Wildman–Crippen LogP) is 6.92. The van der Waals surface area contributed by atoms with E-state index >= 15 is 0 Å². The van der Waals surface area contributed by atoms with E-state index < -0.39 is 0 Å². The minimum absolute atomic E-state index is 0.0312. The van der Waals surface area contributed by atoms with Gasteiger partial charge in [-0.2, -0.15) is 0 Å². The molecular formula is C25H24I2N2O2S. The summed E-state index contributed by atoms with van der Waals surface area (Å²) in [6, 6.07) is 14.2. The number of carbonyl (C=O) groups excluding carboxylic acids is 1. The number of thiophene rings is 1. The Bertz CT molecular complexity index is 1120. The molecule has 7 heteroatoms. The van der Waals surface area contributed by atoms with Crippen molar-refractivity contribution < 1.29 is 9.53 Å². The van der Waals surface area contributed by atoms with Crippen LogP contribution in [-0.2, 0) is 19.4 Å². The number of carbonyl (C=O) groups is 1. The third-order valence-electron chi connectivity index (χ3n) is 5.32. The van der Waals surface area contributed by atoms with Crippen LogP contribution in [0, 0.1) is 7.14 Å². The molecule has 0 bridgehead atoms. The van der Waals surface area contributed by atoms with Crippen molar-refractivity contribution in [2.45, 2.75) is 39.2 Å². The fourth-order valence-electron chi connectivity index (χ4n) is 3.81. The van der Waals surface area contributed by atoms with Crippen molar-refractivity contribution in [3.8, 4) is 5.75 Å². The SMILES string of the molecule is CCOc1c(I)cc(C=Nc2sc3c(c2C(=O)NCc2ccccc2)CCCC3)cc1I. The minimum atomic E-state index is -0.0312. The van der Waals surface area contributed by atoms with Gasteiger partial charge in [0.2, 0.25) is 0 Å². The lowest BCUT2D eigenvalue weighted by atomic mass is 9.95. The number of hydrogen-bond acceptors (Lipinski definition) is 4. The highest BCUT2D eigenvalue weighted by atomic mass is 127. The monoisotopic (exact) mass is 670 g/mol. The Morgan fingerprint density at radius 2 is 1.88 bits per heavy atom. The molecule has 1 aromatic heterocycles. The predicted molar refractivity (Wildman–Crippen MR) is 149 cm³/mol. The molecular weight excluding hydrogens is 646 g/mol.